The summed E-state index contributed by atoms with van der Waals surface area (Å²) in [6, 6.07) is 5.03. The van der Waals surface area contributed by atoms with Gasteiger partial charge in [-0.25, -0.2) is 4.79 Å². The highest BCUT2D eigenvalue weighted by molar-refractivity contribution is 5.88. The van der Waals surface area contributed by atoms with Crippen LogP contribution in [0.3, 0.4) is 0 Å². The van der Waals surface area contributed by atoms with Gasteiger partial charge >= 0.3 is 5.63 Å². The summed E-state index contributed by atoms with van der Waals surface area (Å²) in [5, 5.41) is 0.847. The highest BCUT2D eigenvalue weighted by Gasteiger charge is 2.12. The monoisotopic (exact) mass is 248 g/mol. The van der Waals surface area contributed by atoms with E-state index in [0.717, 1.165) is 23.8 Å². The molecule has 96 valence electrons. The highest BCUT2D eigenvalue weighted by atomic mass is 16.5. The van der Waals surface area contributed by atoms with E-state index >= 15 is 0 Å². The Bertz CT molecular complexity index is 613. The predicted octanol–water partition coefficient (Wildman–Crippen LogP) is 2.76. The quantitative estimate of drug-likeness (QED) is 0.781. The van der Waals surface area contributed by atoms with Crippen LogP contribution in [0, 0.1) is 0 Å². The van der Waals surface area contributed by atoms with Crippen LogP contribution < -0.4 is 15.1 Å². The Morgan fingerprint density at radius 1 is 1.17 bits per heavy atom. The molecule has 18 heavy (non-hydrogen) atoms. The molecule has 0 spiro atoms. The van der Waals surface area contributed by atoms with E-state index in [4.69, 9.17) is 13.9 Å². The second kappa shape index (κ2) is 5.12. The van der Waals surface area contributed by atoms with Gasteiger partial charge in [-0.15, -0.1) is 0 Å². The lowest BCUT2D eigenvalue weighted by molar-refractivity contribution is 0.395. The van der Waals surface area contributed by atoms with Crippen molar-refractivity contribution >= 4 is 11.0 Å². The van der Waals surface area contributed by atoms with Crippen LogP contribution in [-0.4, -0.2) is 14.2 Å². The first kappa shape index (κ1) is 12.5. The van der Waals surface area contributed by atoms with E-state index in [1.165, 1.54) is 6.07 Å². The molecule has 0 saturated carbocycles. The fraction of sp³-hybridized carbons (Fsp3) is 0.357. The maximum Gasteiger partial charge on any atom is 0.336 e. The zero-order valence-electron chi connectivity index (χ0n) is 10.8. The molecule has 4 nitrogen and oxygen atoms in total. The molecule has 0 aliphatic heterocycles. The molecule has 1 heterocycles. The van der Waals surface area contributed by atoms with E-state index in [9.17, 15) is 4.79 Å². The molecule has 0 bridgehead atoms. The number of methoxy groups -OCH3 is 2. The average molecular weight is 248 g/mol. The maximum absolute atomic E-state index is 11.5. The van der Waals surface area contributed by atoms with Gasteiger partial charge in [0.2, 0.25) is 0 Å². The number of fused-ring (bicyclic) bond motifs is 1. The Morgan fingerprint density at radius 2 is 1.94 bits per heavy atom. The molecule has 0 aliphatic carbocycles. The fourth-order valence-electron chi connectivity index (χ4n) is 2.06. The van der Waals surface area contributed by atoms with Crippen LogP contribution in [0.25, 0.3) is 11.0 Å². The Balaban J connectivity index is 2.80. The van der Waals surface area contributed by atoms with Gasteiger partial charge in [-0.2, -0.15) is 0 Å². The first-order chi connectivity index (χ1) is 8.69. The molecule has 4 heteroatoms. The number of rotatable bonds is 4. The summed E-state index contributed by atoms with van der Waals surface area (Å²) in [7, 11) is 3.16. The first-order valence-electron chi connectivity index (χ1n) is 5.88. The predicted molar refractivity (Wildman–Crippen MR) is 69.6 cm³/mol. The number of hydrogen-bond acceptors (Lipinski definition) is 4. The van der Waals surface area contributed by atoms with Crippen molar-refractivity contribution in [2.24, 2.45) is 0 Å². The van der Waals surface area contributed by atoms with Crippen LogP contribution in [0.1, 0.15) is 18.9 Å². The Hall–Kier alpha value is -1.97. The van der Waals surface area contributed by atoms with Crippen LogP contribution >= 0.6 is 0 Å². The van der Waals surface area contributed by atoms with E-state index in [2.05, 4.69) is 6.92 Å². The van der Waals surface area contributed by atoms with E-state index in [1.807, 2.05) is 0 Å². The highest BCUT2D eigenvalue weighted by Crippen LogP contribution is 2.33. The summed E-state index contributed by atoms with van der Waals surface area (Å²) in [5.74, 6) is 1.27. The van der Waals surface area contributed by atoms with E-state index in [1.54, 1.807) is 26.4 Å². The molecule has 2 aromatic rings. The lowest BCUT2D eigenvalue weighted by atomic mass is 10.0. The van der Waals surface area contributed by atoms with Crippen LogP contribution in [0.4, 0.5) is 0 Å². The topological polar surface area (TPSA) is 48.7 Å². The summed E-state index contributed by atoms with van der Waals surface area (Å²) >= 11 is 0. The molecule has 0 amide bonds. The minimum atomic E-state index is -0.346. The summed E-state index contributed by atoms with van der Waals surface area (Å²) < 4.78 is 15.7. The van der Waals surface area contributed by atoms with Crippen molar-refractivity contribution < 1.29 is 13.9 Å². The second-order valence-electron chi connectivity index (χ2n) is 4.04. The van der Waals surface area contributed by atoms with Crippen molar-refractivity contribution in [3.05, 3.63) is 34.2 Å². The molecule has 0 saturated heterocycles. The summed E-state index contributed by atoms with van der Waals surface area (Å²) in [6.07, 6.45) is 1.76. The van der Waals surface area contributed by atoms with Crippen molar-refractivity contribution in [1.29, 1.82) is 0 Å². The minimum absolute atomic E-state index is 0.346. The first-order valence-corrected chi connectivity index (χ1v) is 5.88. The van der Waals surface area contributed by atoms with Crippen molar-refractivity contribution in [3.8, 4) is 11.5 Å². The van der Waals surface area contributed by atoms with Crippen molar-refractivity contribution in [2.45, 2.75) is 19.8 Å². The largest absolute Gasteiger partial charge is 0.496 e. The third-order valence-corrected chi connectivity index (χ3v) is 2.84. The van der Waals surface area contributed by atoms with Crippen LogP contribution in [0.15, 0.2) is 27.4 Å². The molecule has 1 aromatic heterocycles. The zero-order chi connectivity index (χ0) is 13.1. The molecule has 0 N–H and O–H groups in total. The molecular weight excluding hydrogens is 232 g/mol. The molecular formula is C14H16O4. The Kier molecular flexibility index (Phi) is 3.55. The smallest absolute Gasteiger partial charge is 0.336 e. The standard InChI is InChI=1S/C14H16O4/c1-4-5-9-6-13(15)18-12-8-10(16-2)7-11(17-3)14(9)12/h6-8H,4-5H2,1-3H3. The van der Waals surface area contributed by atoms with Gasteiger partial charge in [0.15, 0.2) is 0 Å². The van der Waals surface area contributed by atoms with Gasteiger partial charge in [0, 0.05) is 18.2 Å². The molecule has 0 atom stereocenters. The number of ether oxygens (including phenoxy) is 2. The van der Waals surface area contributed by atoms with E-state index in [-0.39, 0.29) is 5.63 Å². The lowest BCUT2D eigenvalue weighted by Gasteiger charge is -2.10. The van der Waals surface area contributed by atoms with Gasteiger partial charge in [-0.1, -0.05) is 13.3 Å². The number of aryl methyl sites for hydroxylation is 1. The van der Waals surface area contributed by atoms with Gasteiger partial charge in [0.25, 0.3) is 0 Å². The Labute approximate surface area is 105 Å². The molecule has 2 rings (SSSR count). The van der Waals surface area contributed by atoms with Gasteiger partial charge in [0.1, 0.15) is 17.1 Å². The van der Waals surface area contributed by atoms with Crippen molar-refractivity contribution in [1.82, 2.24) is 0 Å². The SMILES string of the molecule is CCCc1cc(=O)oc2cc(OC)cc(OC)c12. The maximum atomic E-state index is 11.5. The molecule has 0 fully saturated rings. The zero-order valence-corrected chi connectivity index (χ0v) is 10.8. The molecule has 0 unspecified atom stereocenters. The van der Waals surface area contributed by atoms with E-state index in [0.29, 0.717) is 17.1 Å². The number of benzene rings is 1. The molecule has 0 radical (unpaired) electrons. The third-order valence-electron chi connectivity index (χ3n) is 2.84. The lowest BCUT2D eigenvalue weighted by Crippen LogP contribution is -2.02. The minimum Gasteiger partial charge on any atom is -0.496 e. The van der Waals surface area contributed by atoms with Gasteiger partial charge in [-0.3, -0.25) is 0 Å². The van der Waals surface area contributed by atoms with E-state index < -0.39 is 0 Å². The Morgan fingerprint density at radius 3 is 2.56 bits per heavy atom. The van der Waals surface area contributed by atoms with Crippen LogP contribution in [0.2, 0.25) is 0 Å². The molecule has 1 aromatic carbocycles. The average Bonchev–Trinajstić information content (AvgIpc) is 2.37. The van der Waals surface area contributed by atoms with Crippen LogP contribution in [0.5, 0.6) is 11.5 Å². The third kappa shape index (κ3) is 2.18. The second-order valence-corrected chi connectivity index (χ2v) is 4.04. The van der Waals surface area contributed by atoms with Crippen molar-refractivity contribution in [3.63, 3.8) is 0 Å². The fourth-order valence-corrected chi connectivity index (χ4v) is 2.06. The summed E-state index contributed by atoms with van der Waals surface area (Å²) in [4.78, 5) is 11.5. The van der Waals surface area contributed by atoms with Crippen molar-refractivity contribution in [2.75, 3.05) is 14.2 Å². The van der Waals surface area contributed by atoms with Gasteiger partial charge < -0.3 is 13.9 Å². The normalized spacial score (nSPS) is 10.6. The molecule has 0 aliphatic rings. The summed E-state index contributed by atoms with van der Waals surface area (Å²) in [5.41, 5.74) is 1.10. The number of hydrogen-bond donors (Lipinski definition) is 0. The summed E-state index contributed by atoms with van der Waals surface area (Å²) in [6.45, 7) is 2.07. The van der Waals surface area contributed by atoms with Gasteiger partial charge in [-0.05, 0) is 12.0 Å². The van der Waals surface area contributed by atoms with Crippen LogP contribution in [-0.2, 0) is 6.42 Å². The van der Waals surface area contributed by atoms with Gasteiger partial charge in [0.05, 0.1) is 19.6 Å².